The molecule has 9 heteroatoms. The zero-order valence-electron chi connectivity index (χ0n) is 18.8. The first-order valence-corrected chi connectivity index (χ1v) is 11.1. The van der Waals surface area contributed by atoms with Crippen LogP contribution in [0.25, 0.3) is 22.6 Å². The second-order valence-corrected chi connectivity index (χ2v) is 7.84. The number of hydrogen-bond donors (Lipinski definition) is 1. The van der Waals surface area contributed by atoms with Crippen molar-refractivity contribution in [3.8, 4) is 11.4 Å². The average Bonchev–Trinajstić information content (AvgIpc) is 3.23. The smallest absolute Gasteiger partial charge is 0.247 e. The number of imidazole rings is 1. The van der Waals surface area contributed by atoms with Gasteiger partial charge in [0.2, 0.25) is 5.95 Å². The van der Waals surface area contributed by atoms with Crippen molar-refractivity contribution in [3.05, 3.63) is 59.9 Å². The van der Waals surface area contributed by atoms with Crippen molar-refractivity contribution in [3.63, 3.8) is 0 Å². The number of rotatable bonds is 6. The van der Waals surface area contributed by atoms with E-state index in [2.05, 4.69) is 51.0 Å². The molecule has 9 nitrogen and oxygen atoms in total. The van der Waals surface area contributed by atoms with Crippen LogP contribution in [0, 0.1) is 6.92 Å². The van der Waals surface area contributed by atoms with Crippen LogP contribution in [-0.2, 0) is 11.3 Å². The fourth-order valence-electron chi connectivity index (χ4n) is 3.97. The number of anilines is 2. The Balaban J connectivity index is 1.58. The summed E-state index contributed by atoms with van der Waals surface area (Å²) in [4.78, 5) is 20.9. The summed E-state index contributed by atoms with van der Waals surface area (Å²) in [6, 6.07) is 12.1. The van der Waals surface area contributed by atoms with Gasteiger partial charge in [-0.2, -0.15) is 15.1 Å². The van der Waals surface area contributed by atoms with Crippen molar-refractivity contribution in [2.45, 2.75) is 20.4 Å². The first-order valence-electron chi connectivity index (χ1n) is 11.1. The molecule has 33 heavy (non-hydrogen) atoms. The highest BCUT2D eigenvalue weighted by atomic mass is 16.5. The molecule has 1 saturated heterocycles. The standard InChI is InChI=1S/C24H26N8O/c1-3-32-21(19-7-9-25-10-8-19)27-20-22(31-11-13-33-14-12-31)28-24(29-23(20)32)30-26-16-18-6-4-5-17(2)15-18/h4-10,15-16H,3,11-14H2,1-2H3,(H,28,29,30)/b26-16+. The largest absolute Gasteiger partial charge is 0.378 e. The van der Waals surface area contributed by atoms with E-state index in [9.17, 15) is 0 Å². The van der Waals surface area contributed by atoms with Crippen LogP contribution < -0.4 is 10.3 Å². The molecule has 1 aromatic carbocycles. The van der Waals surface area contributed by atoms with Crippen LogP contribution in [0.5, 0.6) is 0 Å². The summed E-state index contributed by atoms with van der Waals surface area (Å²) < 4.78 is 7.65. The van der Waals surface area contributed by atoms with Gasteiger partial charge >= 0.3 is 0 Å². The molecule has 4 heterocycles. The van der Waals surface area contributed by atoms with Gasteiger partial charge in [-0.05, 0) is 31.5 Å². The zero-order valence-corrected chi connectivity index (χ0v) is 18.8. The topological polar surface area (TPSA) is 93.4 Å². The zero-order chi connectivity index (χ0) is 22.6. The molecule has 3 aromatic heterocycles. The highest BCUT2D eigenvalue weighted by Crippen LogP contribution is 2.30. The van der Waals surface area contributed by atoms with E-state index in [0.717, 1.165) is 53.6 Å². The van der Waals surface area contributed by atoms with Crippen LogP contribution in [-0.4, -0.2) is 57.0 Å². The van der Waals surface area contributed by atoms with Gasteiger partial charge in [-0.1, -0.05) is 29.8 Å². The number of morpholine rings is 1. The van der Waals surface area contributed by atoms with Crippen LogP contribution in [0.2, 0.25) is 0 Å². The van der Waals surface area contributed by atoms with Crippen molar-refractivity contribution in [1.82, 2.24) is 24.5 Å². The van der Waals surface area contributed by atoms with E-state index in [4.69, 9.17) is 19.7 Å². The second kappa shape index (κ2) is 9.33. The van der Waals surface area contributed by atoms with Gasteiger partial charge in [0.1, 0.15) is 5.82 Å². The van der Waals surface area contributed by atoms with E-state index in [0.29, 0.717) is 19.2 Å². The summed E-state index contributed by atoms with van der Waals surface area (Å²) in [6.45, 7) is 7.69. The number of nitrogens with zero attached hydrogens (tertiary/aromatic N) is 7. The van der Waals surface area contributed by atoms with Crippen LogP contribution in [0.3, 0.4) is 0 Å². The summed E-state index contributed by atoms with van der Waals surface area (Å²) in [6.07, 6.45) is 5.32. The molecule has 0 unspecified atom stereocenters. The molecule has 5 rings (SSSR count). The molecule has 0 aliphatic carbocycles. The van der Waals surface area contributed by atoms with Crippen LogP contribution in [0.15, 0.2) is 53.9 Å². The van der Waals surface area contributed by atoms with Crippen molar-refractivity contribution < 1.29 is 4.74 Å². The first kappa shape index (κ1) is 21.0. The third-order valence-electron chi connectivity index (χ3n) is 5.56. The molecule has 1 aliphatic heterocycles. The first-order chi connectivity index (χ1) is 16.2. The summed E-state index contributed by atoms with van der Waals surface area (Å²) in [7, 11) is 0. The number of hydrazone groups is 1. The Labute approximate surface area is 192 Å². The van der Waals surface area contributed by atoms with Crippen LogP contribution in [0.1, 0.15) is 18.1 Å². The number of benzene rings is 1. The fraction of sp³-hybridized carbons (Fsp3) is 0.292. The number of ether oxygens (including phenoxy) is 1. The van der Waals surface area contributed by atoms with Gasteiger partial charge in [0.15, 0.2) is 17.0 Å². The summed E-state index contributed by atoms with van der Waals surface area (Å²) in [5.74, 6) is 2.07. The fourth-order valence-corrected chi connectivity index (χ4v) is 3.97. The number of hydrogen-bond acceptors (Lipinski definition) is 8. The molecule has 1 fully saturated rings. The predicted octanol–water partition coefficient (Wildman–Crippen LogP) is 3.50. The van der Waals surface area contributed by atoms with Gasteiger partial charge in [-0.15, -0.1) is 0 Å². The Kier molecular flexibility index (Phi) is 5.95. The number of fused-ring (bicyclic) bond motifs is 1. The third kappa shape index (κ3) is 4.40. The molecular formula is C24H26N8O. The predicted molar refractivity (Wildman–Crippen MR) is 130 cm³/mol. The molecule has 168 valence electrons. The molecular weight excluding hydrogens is 416 g/mol. The second-order valence-electron chi connectivity index (χ2n) is 7.84. The lowest BCUT2D eigenvalue weighted by atomic mass is 10.2. The van der Waals surface area contributed by atoms with E-state index >= 15 is 0 Å². The van der Waals surface area contributed by atoms with Crippen molar-refractivity contribution in [2.75, 3.05) is 36.6 Å². The highest BCUT2D eigenvalue weighted by Gasteiger charge is 2.23. The van der Waals surface area contributed by atoms with Crippen LogP contribution in [0.4, 0.5) is 11.8 Å². The Bertz CT molecular complexity index is 1280. The van der Waals surface area contributed by atoms with Gasteiger partial charge < -0.3 is 14.2 Å². The molecule has 0 spiro atoms. The lowest BCUT2D eigenvalue weighted by molar-refractivity contribution is 0.122. The Morgan fingerprint density at radius 1 is 1.09 bits per heavy atom. The molecule has 1 N–H and O–H groups in total. The van der Waals surface area contributed by atoms with E-state index in [1.54, 1.807) is 18.6 Å². The SMILES string of the molecule is CCn1c(-c2ccncc2)nc2c(N3CCOCC3)nc(N/N=C/c3cccc(C)c3)nc21. The quantitative estimate of drug-likeness (QED) is 0.361. The van der Waals surface area contributed by atoms with Crippen molar-refractivity contribution >= 4 is 29.1 Å². The van der Waals surface area contributed by atoms with E-state index < -0.39 is 0 Å². The lowest BCUT2D eigenvalue weighted by Crippen LogP contribution is -2.37. The van der Waals surface area contributed by atoms with Gasteiger partial charge in [0.25, 0.3) is 0 Å². The summed E-state index contributed by atoms with van der Waals surface area (Å²) in [5, 5.41) is 4.39. The highest BCUT2D eigenvalue weighted by molar-refractivity contribution is 5.88. The minimum atomic E-state index is 0.434. The minimum Gasteiger partial charge on any atom is -0.378 e. The molecule has 0 radical (unpaired) electrons. The Morgan fingerprint density at radius 2 is 1.91 bits per heavy atom. The normalized spacial score (nSPS) is 14.3. The maximum Gasteiger partial charge on any atom is 0.247 e. The molecule has 4 aromatic rings. The van der Waals surface area contributed by atoms with Gasteiger partial charge in [-0.3, -0.25) is 4.98 Å². The number of aromatic nitrogens is 5. The monoisotopic (exact) mass is 442 g/mol. The molecule has 0 amide bonds. The van der Waals surface area contributed by atoms with Crippen LogP contribution >= 0.6 is 0 Å². The molecule has 0 bridgehead atoms. The van der Waals surface area contributed by atoms with Gasteiger partial charge in [-0.25, -0.2) is 10.4 Å². The summed E-state index contributed by atoms with van der Waals surface area (Å²) in [5.41, 5.74) is 7.75. The maximum absolute atomic E-state index is 5.55. The molecule has 1 aliphatic rings. The lowest BCUT2D eigenvalue weighted by Gasteiger charge is -2.28. The number of pyridine rings is 1. The molecule has 0 atom stereocenters. The van der Waals surface area contributed by atoms with Gasteiger partial charge in [0.05, 0.1) is 19.4 Å². The molecule has 0 saturated carbocycles. The maximum atomic E-state index is 5.55. The van der Waals surface area contributed by atoms with E-state index in [1.807, 2.05) is 24.3 Å². The number of aryl methyl sites for hydroxylation is 2. The van der Waals surface area contributed by atoms with E-state index in [1.165, 1.54) is 5.56 Å². The Morgan fingerprint density at radius 3 is 2.67 bits per heavy atom. The van der Waals surface area contributed by atoms with E-state index in [-0.39, 0.29) is 0 Å². The third-order valence-corrected chi connectivity index (χ3v) is 5.56. The minimum absolute atomic E-state index is 0.434. The van der Waals surface area contributed by atoms with Gasteiger partial charge in [0, 0.05) is 37.6 Å². The number of nitrogens with one attached hydrogen (secondary N) is 1. The van der Waals surface area contributed by atoms with Crippen molar-refractivity contribution in [1.29, 1.82) is 0 Å². The Hall–Kier alpha value is -3.85. The summed E-state index contributed by atoms with van der Waals surface area (Å²) >= 11 is 0. The van der Waals surface area contributed by atoms with Crippen molar-refractivity contribution in [2.24, 2.45) is 5.10 Å². The average molecular weight is 443 g/mol.